The van der Waals surface area contributed by atoms with Crippen LogP contribution < -0.4 is 20.6 Å². The van der Waals surface area contributed by atoms with E-state index in [2.05, 4.69) is 15.1 Å². The van der Waals surface area contributed by atoms with Gasteiger partial charge in [0.2, 0.25) is 0 Å². The van der Waals surface area contributed by atoms with Crippen LogP contribution in [-0.4, -0.2) is 44.1 Å². The van der Waals surface area contributed by atoms with Crippen molar-refractivity contribution in [2.24, 2.45) is 0 Å². The molecule has 0 radical (unpaired) electrons. The molecule has 1 N–H and O–H groups in total. The van der Waals surface area contributed by atoms with Crippen LogP contribution in [-0.2, 0) is 12.7 Å². The minimum atomic E-state index is -5.05. The maximum absolute atomic E-state index is 14.9. The number of nitrogens with one attached hydrogen (secondary N) is 1. The fraction of sp³-hybridized carbons (Fsp3) is 0.292. The molecule has 1 aromatic carbocycles. The number of alkyl halides is 4. The highest BCUT2D eigenvalue weighted by Gasteiger charge is 2.38. The second-order valence-corrected chi connectivity index (χ2v) is 8.46. The normalized spacial score (nSPS) is 13.3. The molecular formula is C24H19F6N5O4. The zero-order chi connectivity index (χ0) is 28.5. The number of aromatic nitrogens is 5. The van der Waals surface area contributed by atoms with Crippen molar-refractivity contribution in [3.05, 3.63) is 74.8 Å². The van der Waals surface area contributed by atoms with Crippen LogP contribution in [0.2, 0.25) is 0 Å². The fourth-order valence-corrected chi connectivity index (χ4v) is 3.89. The average molecular weight is 555 g/mol. The summed E-state index contributed by atoms with van der Waals surface area (Å²) in [6.45, 7) is 0.542. The Kier molecular flexibility index (Phi) is 7.60. The predicted molar refractivity (Wildman–Crippen MR) is 125 cm³/mol. The van der Waals surface area contributed by atoms with Gasteiger partial charge in [-0.3, -0.25) is 9.59 Å². The molecule has 0 fully saturated rings. The molecule has 0 spiro atoms. The second-order valence-electron chi connectivity index (χ2n) is 8.46. The van der Waals surface area contributed by atoms with Crippen LogP contribution in [0.3, 0.4) is 0 Å². The zero-order valence-corrected chi connectivity index (χ0v) is 20.2. The van der Waals surface area contributed by atoms with Crippen molar-refractivity contribution in [1.29, 1.82) is 0 Å². The maximum Gasteiger partial charge on any atom is 0.425 e. The fourth-order valence-electron chi connectivity index (χ4n) is 3.89. The Morgan fingerprint density at radius 1 is 1.05 bits per heavy atom. The highest BCUT2D eigenvalue weighted by molar-refractivity contribution is 5.86. The van der Waals surface area contributed by atoms with E-state index in [9.17, 15) is 35.9 Å². The Bertz CT molecular complexity index is 1620. The van der Waals surface area contributed by atoms with Crippen molar-refractivity contribution in [3.8, 4) is 22.9 Å². The summed E-state index contributed by atoms with van der Waals surface area (Å²) < 4.78 is 94.9. The third-order valence-corrected chi connectivity index (χ3v) is 5.65. The lowest BCUT2D eigenvalue weighted by Crippen LogP contribution is -2.29. The number of hydrogen-bond acceptors (Lipinski definition) is 7. The molecule has 9 nitrogen and oxygen atoms in total. The Morgan fingerprint density at radius 2 is 1.74 bits per heavy atom. The van der Waals surface area contributed by atoms with Crippen LogP contribution in [0, 0.1) is 11.6 Å². The molecular weight excluding hydrogens is 536 g/mol. The van der Waals surface area contributed by atoms with Crippen LogP contribution >= 0.6 is 0 Å². The van der Waals surface area contributed by atoms with Gasteiger partial charge in [0.05, 0.1) is 49.3 Å². The third-order valence-electron chi connectivity index (χ3n) is 5.65. The molecule has 0 aliphatic heterocycles. The minimum Gasteiger partial charge on any atom is -0.494 e. The molecule has 3 aromatic heterocycles. The largest absolute Gasteiger partial charge is 0.494 e. The van der Waals surface area contributed by atoms with Crippen molar-refractivity contribution >= 4 is 10.8 Å². The number of aromatic amines is 1. The van der Waals surface area contributed by atoms with Crippen LogP contribution in [0.5, 0.6) is 11.5 Å². The number of halogens is 6. The van der Waals surface area contributed by atoms with Crippen molar-refractivity contribution in [2.75, 3.05) is 7.11 Å². The standard InChI is InChI=1S/C24H19F6N5O4/c1-11(39-19-8-33-34-22(36)20(19)24(28,29)30)3-12(25)9-35-10-18(27)14-4-16(17(26)5-15(14)23(35)37)21-31-6-13(38-2)7-32-21/h4-8,10-12H,3,9H2,1-2H3,(H,34,36)/t11-,12+/m0/s1. The van der Waals surface area contributed by atoms with Crippen LogP contribution in [0.4, 0.5) is 26.3 Å². The number of nitrogens with zero attached hydrogens (tertiary/aromatic N) is 4. The van der Waals surface area contributed by atoms with Gasteiger partial charge in [-0.05, 0) is 19.1 Å². The number of pyridine rings is 1. The molecule has 0 saturated carbocycles. The van der Waals surface area contributed by atoms with Crippen LogP contribution in [0.25, 0.3) is 22.2 Å². The molecule has 0 unspecified atom stereocenters. The van der Waals surface area contributed by atoms with E-state index in [0.717, 1.165) is 18.3 Å². The van der Waals surface area contributed by atoms with Gasteiger partial charge in [0.25, 0.3) is 11.1 Å². The van der Waals surface area contributed by atoms with E-state index in [4.69, 9.17) is 9.47 Å². The molecule has 0 aliphatic carbocycles. The number of hydrogen-bond donors (Lipinski definition) is 1. The first kappa shape index (κ1) is 27.6. The van der Waals surface area contributed by atoms with E-state index in [0.29, 0.717) is 16.5 Å². The summed E-state index contributed by atoms with van der Waals surface area (Å²) >= 11 is 0. The second kappa shape index (κ2) is 10.7. The lowest BCUT2D eigenvalue weighted by molar-refractivity contribution is -0.140. The lowest BCUT2D eigenvalue weighted by Gasteiger charge is -2.19. The van der Waals surface area contributed by atoms with Crippen molar-refractivity contribution in [2.45, 2.75) is 38.3 Å². The molecule has 206 valence electrons. The van der Waals surface area contributed by atoms with Crippen molar-refractivity contribution in [3.63, 3.8) is 0 Å². The summed E-state index contributed by atoms with van der Waals surface area (Å²) in [4.78, 5) is 32.3. The van der Waals surface area contributed by atoms with Gasteiger partial charge >= 0.3 is 6.18 Å². The first-order valence-electron chi connectivity index (χ1n) is 11.2. The predicted octanol–water partition coefficient (Wildman–Crippen LogP) is 4.04. The van der Waals surface area contributed by atoms with Crippen molar-refractivity contribution in [1.82, 2.24) is 24.7 Å². The molecule has 3 heterocycles. The Hall–Kier alpha value is -4.43. The van der Waals surface area contributed by atoms with Crippen LogP contribution in [0.1, 0.15) is 18.9 Å². The number of fused-ring (bicyclic) bond motifs is 1. The molecule has 4 rings (SSSR count). The average Bonchev–Trinajstić information content (AvgIpc) is 2.86. The highest BCUT2D eigenvalue weighted by atomic mass is 19.4. The topological polar surface area (TPSA) is 112 Å². The summed E-state index contributed by atoms with van der Waals surface area (Å²) in [7, 11) is 1.39. The summed E-state index contributed by atoms with van der Waals surface area (Å²) in [5.41, 5.74) is -4.24. The maximum atomic E-state index is 14.9. The minimum absolute atomic E-state index is 0.0825. The van der Waals surface area contributed by atoms with Gasteiger partial charge in [-0.1, -0.05) is 0 Å². The molecule has 0 saturated heterocycles. The lowest BCUT2D eigenvalue weighted by atomic mass is 10.1. The van der Waals surface area contributed by atoms with E-state index >= 15 is 0 Å². The molecule has 0 amide bonds. The smallest absolute Gasteiger partial charge is 0.425 e. The number of rotatable bonds is 8. The van der Waals surface area contributed by atoms with Gasteiger partial charge in [0.15, 0.2) is 22.9 Å². The summed E-state index contributed by atoms with van der Waals surface area (Å²) in [5.74, 6) is -2.55. The first-order chi connectivity index (χ1) is 18.4. The SMILES string of the molecule is COc1cnc(-c2cc3c(F)cn(C[C@H](F)C[C@H](C)Oc4cn[nH]c(=O)c4C(F)(F)F)c(=O)c3cc2F)nc1. The highest BCUT2D eigenvalue weighted by Crippen LogP contribution is 2.33. The molecule has 0 bridgehead atoms. The summed E-state index contributed by atoms with van der Waals surface area (Å²) in [6.07, 6.45) is -4.74. The summed E-state index contributed by atoms with van der Waals surface area (Å²) in [6, 6.07) is 1.85. The Labute approximate surface area is 215 Å². The van der Waals surface area contributed by atoms with E-state index in [1.807, 2.05) is 0 Å². The first-order valence-corrected chi connectivity index (χ1v) is 11.2. The molecule has 2 atom stereocenters. The van der Waals surface area contributed by atoms with E-state index < -0.39 is 65.5 Å². The van der Waals surface area contributed by atoms with Crippen molar-refractivity contribution < 1.29 is 35.8 Å². The Morgan fingerprint density at radius 3 is 2.38 bits per heavy atom. The van der Waals surface area contributed by atoms with Gasteiger partial charge < -0.3 is 14.0 Å². The number of ether oxygens (including phenoxy) is 2. The van der Waals surface area contributed by atoms with Gasteiger partial charge in [-0.25, -0.2) is 28.2 Å². The quantitative estimate of drug-likeness (QED) is 0.327. The van der Waals surface area contributed by atoms with Gasteiger partial charge in [0.1, 0.15) is 17.8 Å². The molecule has 15 heteroatoms. The molecule has 0 aliphatic rings. The van der Waals surface area contributed by atoms with Gasteiger partial charge in [-0.15, -0.1) is 0 Å². The third kappa shape index (κ3) is 5.86. The number of H-pyrrole nitrogens is 1. The molecule has 4 aromatic rings. The number of methoxy groups -OCH3 is 1. The van der Waals surface area contributed by atoms with E-state index in [1.54, 1.807) is 5.10 Å². The number of benzene rings is 1. The zero-order valence-electron chi connectivity index (χ0n) is 20.2. The van der Waals surface area contributed by atoms with E-state index in [-0.39, 0.29) is 22.2 Å². The molecule has 39 heavy (non-hydrogen) atoms. The van der Waals surface area contributed by atoms with E-state index in [1.165, 1.54) is 26.4 Å². The van der Waals surface area contributed by atoms with Crippen LogP contribution in [0.15, 0.2) is 46.5 Å². The van der Waals surface area contributed by atoms with Gasteiger partial charge in [0, 0.05) is 18.0 Å². The van der Waals surface area contributed by atoms with Gasteiger partial charge in [-0.2, -0.15) is 18.3 Å². The summed E-state index contributed by atoms with van der Waals surface area (Å²) in [5, 5.41) is 4.29. The Balaban J connectivity index is 1.55. The monoisotopic (exact) mass is 555 g/mol.